The summed E-state index contributed by atoms with van der Waals surface area (Å²) in [6.45, 7) is 1.66. The van der Waals surface area contributed by atoms with E-state index in [0.717, 1.165) is 12.8 Å². The Kier molecular flexibility index (Phi) is 14.4. The highest BCUT2D eigenvalue weighted by Gasteiger charge is 2.48. The molecule has 2 saturated heterocycles. The first-order valence-electron chi connectivity index (χ1n) is 12.9. The largest absolute Gasteiger partial charge is 0.394 e. The number of unbranched alkanes of at least 4 members (excludes halogenated alkanes) is 9. The van der Waals surface area contributed by atoms with Gasteiger partial charge in [-0.05, 0) is 6.42 Å². The summed E-state index contributed by atoms with van der Waals surface area (Å²) in [4.78, 5) is 0. The molecule has 2 aliphatic rings. The van der Waals surface area contributed by atoms with E-state index in [4.69, 9.17) is 18.9 Å². The molecule has 0 bridgehead atoms. The minimum atomic E-state index is -1.60. The third kappa shape index (κ3) is 9.24. The summed E-state index contributed by atoms with van der Waals surface area (Å²) < 4.78 is 22.4. The monoisotopic (exact) mass is 494 g/mol. The Morgan fingerprint density at radius 2 is 1.29 bits per heavy atom. The van der Waals surface area contributed by atoms with Crippen LogP contribution in [0.15, 0.2) is 0 Å². The van der Waals surface area contributed by atoms with Gasteiger partial charge in [-0.2, -0.15) is 0 Å². The summed E-state index contributed by atoms with van der Waals surface area (Å²) in [6.07, 6.45) is 1.28. The quantitative estimate of drug-likeness (QED) is 0.168. The fourth-order valence-electron chi connectivity index (χ4n) is 4.48. The molecule has 0 aromatic carbocycles. The fraction of sp³-hybridized carbons (Fsp3) is 1.00. The molecular weight excluding hydrogens is 448 g/mol. The maximum atomic E-state index is 10.6. The van der Waals surface area contributed by atoms with Gasteiger partial charge in [0.25, 0.3) is 0 Å². The smallest absolute Gasteiger partial charge is 0.187 e. The third-order valence-electron chi connectivity index (χ3n) is 6.63. The van der Waals surface area contributed by atoms with Crippen LogP contribution in [-0.4, -0.2) is 106 Å². The Hall–Kier alpha value is -0.400. The first-order chi connectivity index (χ1) is 16.4. The van der Waals surface area contributed by atoms with Crippen molar-refractivity contribution in [2.24, 2.45) is 0 Å². The van der Waals surface area contributed by atoms with E-state index in [0.29, 0.717) is 6.61 Å². The molecular formula is C24H46O10. The molecule has 9 unspecified atom stereocenters. The fourth-order valence-corrected chi connectivity index (χ4v) is 4.48. The maximum Gasteiger partial charge on any atom is 0.187 e. The molecule has 2 fully saturated rings. The molecule has 9 atom stereocenters. The highest BCUT2D eigenvalue weighted by molar-refractivity contribution is 4.91. The van der Waals surface area contributed by atoms with Gasteiger partial charge in [-0.25, -0.2) is 0 Å². The van der Waals surface area contributed by atoms with Gasteiger partial charge < -0.3 is 49.6 Å². The molecule has 0 amide bonds. The molecule has 10 heteroatoms. The Labute approximate surface area is 202 Å². The van der Waals surface area contributed by atoms with Crippen LogP contribution in [0.5, 0.6) is 0 Å². The molecule has 2 aliphatic heterocycles. The van der Waals surface area contributed by atoms with Gasteiger partial charge in [-0.15, -0.1) is 0 Å². The zero-order chi connectivity index (χ0) is 24.9. The van der Waals surface area contributed by atoms with Gasteiger partial charge in [0, 0.05) is 13.0 Å². The van der Waals surface area contributed by atoms with Crippen molar-refractivity contribution in [2.45, 2.75) is 133 Å². The molecule has 0 aromatic rings. The molecule has 10 nitrogen and oxygen atoms in total. The van der Waals surface area contributed by atoms with Crippen LogP contribution in [0.2, 0.25) is 0 Å². The topological polar surface area (TPSA) is 158 Å². The Bertz CT molecular complexity index is 522. The highest BCUT2D eigenvalue weighted by atomic mass is 16.7. The Morgan fingerprint density at radius 3 is 1.88 bits per heavy atom. The molecule has 202 valence electrons. The molecule has 0 saturated carbocycles. The lowest BCUT2D eigenvalue weighted by Crippen LogP contribution is -2.62. The Balaban J connectivity index is 1.68. The minimum absolute atomic E-state index is 0.107. The normalized spacial score (nSPS) is 36.6. The van der Waals surface area contributed by atoms with Gasteiger partial charge in [0.2, 0.25) is 0 Å². The van der Waals surface area contributed by atoms with Crippen molar-refractivity contribution in [3.8, 4) is 0 Å². The SMILES string of the molecule is CCCCCCCCCCCCOC1CC(O)C(OC2OC(CO)C(O)C(O)C2O)C(CO)O1. The molecule has 2 rings (SSSR count). The zero-order valence-electron chi connectivity index (χ0n) is 20.4. The standard InChI is InChI=1S/C24H46O10/c1-2-3-4-5-6-7-8-9-10-11-12-31-19-13-16(27)23(18(15-26)32-19)34-24-22(30)21(29)20(28)17(14-25)33-24/h16-30H,2-15H2,1H3. The van der Waals surface area contributed by atoms with Crippen LogP contribution in [0.25, 0.3) is 0 Å². The van der Waals surface area contributed by atoms with Crippen LogP contribution in [0.1, 0.15) is 77.6 Å². The second-order valence-electron chi connectivity index (χ2n) is 9.44. The van der Waals surface area contributed by atoms with Crippen LogP contribution in [0.4, 0.5) is 0 Å². The van der Waals surface area contributed by atoms with Crippen molar-refractivity contribution < 1.29 is 49.6 Å². The molecule has 0 spiro atoms. The summed E-state index contributed by atoms with van der Waals surface area (Å²) in [5, 5.41) is 59.6. The molecule has 34 heavy (non-hydrogen) atoms. The van der Waals surface area contributed by atoms with Crippen LogP contribution < -0.4 is 0 Å². The van der Waals surface area contributed by atoms with E-state index in [-0.39, 0.29) is 6.42 Å². The summed E-state index contributed by atoms with van der Waals surface area (Å²) in [6, 6.07) is 0. The lowest BCUT2D eigenvalue weighted by molar-refractivity contribution is -0.344. The molecule has 0 aliphatic carbocycles. The summed E-state index contributed by atoms with van der Waals surface area (Å²) in [7, 11) is 0. The lowest BCUT2D eigenvalue weighted by atomic mass is 9.98. The first kappa shape index (κ1) is 29.8. The number of hydrogen-bond donors (Lipinski definition) is 6. The van der Waals surface area contributed by atoms with Crippen molar-refractivity contribution in [2.75, 3.05) is 19.8 Å². The van der Waals surface area contributed by atoms with Crippen molar-refractivity contribution in [1.29, 1.82) is 0 Å². The lowest BCUT2D eigenvalue weighted by Gasteiger charge is -2.44. The molecule has 6 N–H and O–H groups in total. The van der Waals surface area contributed by atoms with E-state index in [1.165, 1.54) is 51.4 Å². The number of rotatable bonds is 16. The van der Waals surface area contributed by atoms with E-state index in [9.17, 15) is 30.6 Å². The predicted octanol–water partition coefficient (Wildman–Crippen LogP) is 0.577. The first-order valence-corrected chi connectivity index (χ1v) is 12.9. The van der Waals surface area contributed by atoms with Crippen LogP contribution in [0.3, 0.4) is 0 Å². The average Bonchev–Trinajstić information content (AvgIpc) is 2.83. The number of aliphatic hydroxyl groups excluding tert-OH is 6. The molecule has 0 radical (unpaired) electrons. The van der Waals surface area contributed by atoms with Gasteiger partial charge in [0.15, 0.2) is 12.6 Å². The predicted molar refractivity (Wildman–Crippen MR) is 123 cm³/mol. The van der Waals surface area contributed by atoms with Crippen LogP contribution in [0, 0.1) is 0 Å². The number of hydrogen-bond acceptors (Lipinski definition) is 10. The van der Waals surface area contributed by atoms with E-state index >= 15 is 0 Å². The second kappa shape index (κ2) is 16.4. The van der Waals surface area contributed by atoms with Crippen molar-refractivity contribution >= 4 is 0 Å². The van der Waals surface area contributed by atoms with Crippen molar-refractivity contribution in [3.05, 3.63) is 0 Å². The zero-order valence-corrected chi connectivity index (χ0v) is 20.4. The van der Waals surface area contributed by atoms with Gasteiger partial charge in [0.05, 0.1) is 19.3 Å². The van der Waals surface area contributed by atoms with Gasteiger partial charge in [0.1, 0.15) is 36.6 Å². The molecule has 2 heterocycles. The van der Waals surface area contributed by atoms with E-state index in [1.807, 2.05) is 0 Å². The van der Waals surface area contributed by atoms with Gasteiger partial charge >= 0.3 is 0 Å². The van der Waals surface area contributed by atoms with Gasteiger partial charge in [-0.1, -0.05) is 64.7 Å². The molecule has 0 aromatic heterocycles. The van der Waals surface area contributed by atoms with E-state index in [1.54, 1.807) is 0 Å². The summed E-state index contributed by atoms with van der Waals surface area (Å²) >= 11 is 0. The van der Waals surface area contributed by atoms with Crippen molar-refractivity contribution in [1.82, 2.24) is 0 Å². The average molecular weight is 495 g/mol. The number of aliphatic hydroxyl groups is 6. The van der Waals surface area contributed by atoms with E-state index < -0.39 is 68.5 Å². The summed E-state index contributed by atoms with van der Waals surface area (Å²) in [5.74, 6) is 0. The van der Waals surface area contributed by atoms with E-state index in [2.05, 4.69) is 6.92 Å². The third-order valence-corrected chi connectivity index (χ3v) is 6.63. The van der Waals surface area contributed by atoms with Crippen LogP contribution >= 0.6 is 0 Å². The van der Waals surface area contributed by atoms with Crippen molar-refractivity contribution in [3.63, 3.8) is 0 Å². The van der Waals surface area contributed by atoms with Crippen LogP contribution in [-0.2, 0) is 18.9 Å². The summed E-state index contributed by atoms with van der Waals surface area (Å²) in [5.41, 5.74) is 0. The van der Waals surface area contributed by atoms with Gasteiger partial charge in [-0.3, -0.25) is 0 Å². The number of ether oxygens (including phenoxy) is 4. The second-order valence-corrected chi connectivity index (χ2v) is 9.44. The Morgan fingerprint density at radius 1 is 0.706 bits per heavy atom. The minimum Gasteiger partial charge on any atom is -0.394 e. The highest BCUT2D eigenvalue weighted by Crippen LogP contribution is 2.29. The maximum absolute atomic E-state index is 10.6.